The number of hydrogen-bond donors (Lipinski definition) is 1. The minimum atomic E-state index is -0.652. The Labute approximate surface area is 198 Å². The van der Waals surface area contributed by atoms with E-state index in [1.807, 2.05) is 78.9 Å². The van der Waals surface area contributed by atoms with Gasteiger partial charge in [0, 0.05) is 17.6 Å². The number of ether oxygens (including phenoxy) is 1. The van der Waals surface area contributed by atoms with Crippen LogP contribution in [-0.2, 0) is 16.8 Å². The van der Waals surface area contributed by atoms with Crippen LogP contribution in [0.3, 0.4) is 0 Å². The first-order valence-electron chi connectivity index (χ1n) is 11.4. The third kappa shape index (κ3) is 3.26. The topological polar surface area (TPSA) is 60.5 Å². The van der Waals surface area contributed by atoms with Crippen molar-refractivity contribution in [1.82, 2.24) is 10.3 Å². The summed E-state index contributed by atoms with van der Waals surface area (Å²) in [7, 11) is 0. The lowest BCUT2D eigenvalue weighted by atomic mass is 9.80. The van der Waals surface area contributed by atoms with Crippen molar-refractivity contribution in [1.29, 1.82) is 0 Å². The van der Waals surface area contributed by atoms with Gasteiger partial charge in [-0.25, -0.2) is 4.79 Å². The van der Waals surface area contributed by atoms with E-state index >= 15 is 0 Å². The first-order valence-corrected chi connectivity index (χ1v) is 11.4. The molecule has 0 spiro atoms. The average Bonchev–Trinajstić information content (AvgIpc) is 3.31. The van der Waals surface area contributed by atoms with Gasteiger partial charge < -0.3 is 14.7 Å². The summed E-state index contributed by atoms with van der Waals surface area (Å²) >= 11 is 0. The number of pyridine rings is 1. The second-order valence-corrected chi connectivity index (χ2v) is 8.81. The first-order chi connectivity index (χ1) is 16.7. The predicted octanol–water partition coefficient (Wildman–Crippen LogP) is 5.44. The highest BCUT2D eigenvalue weighted by Gasteiger charge is 2.77. The summed E-state index contributed by atoms with van der Waals surface area (Å²) in [5.74, 6) is 0.912. The van der Waals surface area contributed by atoms with Gasteiger partial charge in [0.2, 0.25) is 0 Å². The summed E-state index contributed by atoms with van der Waals surface area (Å²) in [6.45, 7) is 2.10. The molecule has 0 aliphatic carbocycles. The Hall–Kier alpha value is -4.06. The minimum absolute atomic E-state index is 0.0191. The molecule has 2 aliphatic rings. The Bertz CT molecular complexity index is 1350. The molecule has 5 nitrogen and oxygen atoms in total. The standard InChI is InChI=1S/C28H23BN2O3/c1-19-22(24-14-8-9-17-30-24)15-16-23-25(19)34-29-26(23)28(29,21-12-6-3-7-13-21)31-27(32)33-18-20-10-4-2-5-11-20/h2-17,26H,18H2,1H3,(H,31,32). The molecule has 6 heteroatoms. The van der Waals surface area contributed by atoms with E-state index in [1.54, 1.807) is 6.20 Å². The van der Waals surface area contributed by atoms with Gasteiger partial charge in [-0.1, -0.05) is 78.9 Å². The van der Waals surface area contributed by atoms with E-state index in [9.17, 15) is 4.79 Å². The highest BCUT2D eigenvalue weighted by atomic mass is 16.5. The van der Waals surface area contributed by atoms with Crippen molar-refractivity contribution >= 4 is 13.0 Å². The molecule has 1 saturated heterocycles. The molecule has 34 heavy (non-hydrogen) atoms. The number of amides is 1. The Kier molecular flexibility index (Phi) is 4.87. The van der Waals surface area contributed by atoms with Crippen molar-refractivity contribution in [2.45, 2.75) is 24.8 Å². The second-order valence-electron chi connectivity index (χ2n) is 8.81. The summed E-state index contributed by atoms with van der Waals surface area (Å²) in [6, 6.07) is 29.8. The van der Waals surface area contributed by atoms with E-state index in [4.69, 9.17) is 9.39 Å². The molecule has 3 heterocycles. The fraction of sp³-hybridized carbons (Fsp3) is 0.143. The molecule has 6 rings (SSSR count). The van der Waals surface area contributed by atoms with Crippen LogP contribution in [0.5, 0.6) is 5.75 Å². The van der Waals surface area contributed by atoms with Crippen molar-refractivity contribution < 1.29 is 14.2 Å². The second kappa shape index (κ2) is 8.06. The molecule has 4 aromatic rings. The van der Waals surface area contributed by atoms with Gasteiger partial charge in [0.05, 0.1) is 11.1 Å². The number of benzene rings is 3. The molecule has 1 aromatic heterocycles. The summed E-state index contributed by atoms with van der Waals surface area (Å²) in [5.41, 5.74) is 5.46. The zero-order chi connectivity index (χ0) is 23.1. The number of carbonyl (C=O) groups is 1. The van der Waals surface area contributed by atoms with E-state index in [0.717, 1.165) is 39.3 Å². The molecule has 1 N–H and O–H groups in total. The molecular formula is C28H23BN2O3. The van der Waals surface area contributed by atoms with Gasteiger partial charge in [-0.2, -0.15) is 0 Å². The van der Waals surface area contributed by atoms with E-state index in [0.29, 0.717) is 0 Å². The lowest BCUT2D eigenvalue weighted by Gasteiger charge is -2.25. The molecule has 2 aliphatic heterocycles. The monoisotopic (exact) mass is 446 g/mol. The maximum Gasteiger partial charge on any atom is 0.407 e. The zero-order valence-corrected chi connectivity index (χ0v) is 18.8. The Morgan fingerprint density at radius 2 is 1.74 bits per heavy atom. The van der Waals surface area contributed by atoms with Gasteiger partial charge in [0.25, 0.3) is 0 Å². The van der Waals surface area contributed by atoms with Crippen molar-refractivity contribution in [3.05, 3.63) is 119 Å². The van der Waals surface area contributed by atoms with Crippen LogP contribution in [-0.4, -0.2) is 18.0 Å². The van der Waals surface area contributed by atoms with Crippen molar-refractivity contribution in [2.75, 3.05) is 0 Å². The van der Waals surface area contributed by atoms with Crippen LogP contribution in [0, 0.1) is 6.92 Å². The van der Waals surface area contributed by atoms with Gasteiger partial charge in [0.15, 0.2) is 0 Å². The maximum atomic E-state index is 12.9. The third-order valence-corrected chi connectivity index (χ3v) is 6.86. The quantitative estimate of drug-likeness (QED) is 0.415. The lowest BCUT2D eigenvalue weighted by molar-refractivity contribution is 0.134. The largest absolute Gasteiger partial charge is 0.557 e. The number of nitrogens with one attached hydrogen (secondary N) is 1. The van der Waals surface area contributed by atoms with Crippen molar-refractivity contribution in [3.63, 3.8) is 0 Å². The van der Waals surface area contributed by atoms with Gasteiger partial charge in [-0.15, -0.1) is 0 Å². The molecule has 1 fully saturated rings. The molecule has 0 bridgehead atoms. The lowest BCUT2D eigenvalue weighted by Crippen LogP contribution is -2.41. The Morgan fingerprint density at radius 3 is 2.47 bits per heavy atom. The zero-order valence-electron chi connectivity index (χ0n) is 18.8. The fourth-order valence-corrected chi connectivity index (χ4v) is 5.17. The van der Waals surface area contributed by atoms with E-state index in [-0.39, 0.29) is 19.3 Å². The molecule has 1 amide bonds. The van der Waals surface area contributed by atoms with Crippen molar-refractivity contribution in [3.8, 4) is 17.0 Å². The summed E-state index contributed by atoms with van der Waals surface area (Å²) in [4.78, 5) is 17.4. The predicted molar refractivity (Wildman–Crippen MR) is 131 cm³/mol. The van der Waals surface area contributed by atoms with Crippen LogP contribution in [0.1, 0.15) is 28.1 Å². The maximum absolute atomic E-state index is 12.9. The van der Waals surface area contributed by atoms with Crippen LogP contribution in [0.25, 0.3) is 11.3 Å². The number of fused-ring (bicyclic) bond motifs is 3. The number of rotatable bonds is 5. The SMILES string of the molecule is Cc1c(-c2ccccn2)ccc2c1OB1C2C1(NC(=O)OCc1ccccc1)c1ccccc1. The molecule has 0 saturated carbocycles. The van der Waals surface area contributed by atoms with Gasteiger partial charge >= 0.3 is 13.0 Å². The van der Waals surface area contributed by atoms with Crippen LogP contribution < -0.4 is 9.97 Å². The third-order valence-electron chi connectivity index (χ3n) is 6.86. The van der Waals surface area contributed by atoms with E-state index in [1.165, 1.54) is 0 Å². The summed E-state index contributed by atoms with van der Waals surface area (Å²) < 4.78 is 12.1. The first kappa shape index (κ1) is 20.5. The van der Waals surface area contributed by atoms with Crippen LogP contribution in [0.4, 0.5) is 4.79 Å². The summed E-state index contributed by atoms with van der Waals surface area (Å²) in [6.07, 6.45) is 1.35. The Balaban J connectivity index is 1.30. The van der Waals surface area contributed by atoms with Gasteiger partial charge in [0.1, 0.15) is 12.4 Å². The molecular weight excluding hydrogens is 423 g/mol. The minimum Gasteiger partial charge on any atom is -0.557 e. The number of carbonyl (C=O) groups excluding carboxylic acids is 1. The number of nitrogens with zero attached hydrogens (tertiary/aromatic N) is 1. The fourth-order valence-electron chi connectivity index (χ4n) is 5.17. The van der Waals surface area contributed by atoms with E-state index in [2.05, 4.69) is 29.4 Å². The van der Waals surface area contributed by atoms with Gasteiger partial charge in [-0.3, -0.25) is 4.98 Å². The molecule has 3 aromatic carbocycles. The summed E-state index contributed by atoms with van der Waals surface area (Å²) in [5, 5.41) is 3.16. The molecule has 2 unspecified atom stereocenters. The highest BCUT2D eigenvalue weighted by molar-refractivity contribution is 6.72. The van der Waals surface area contributed by atoms with E-state index < -0.39 is 11.5 Å². The van der Waals surface area contributed by atoms with Crippen LogP contribution in [0.15, 0.2) is 97.2 Å². The molecule has 0 radical (unpaired) electrons. The van der Waals surface area contributed by atoms with Gasteiger partial charge in [-0.05, 0) is 41.3 Å². The molecule has 2 atom stereocenters. The normalized spacial score (nSPS) is 19.6. The van der Waals surface area contributed by atoms with Crippen molar-refractivity contribution in [2.24, 2.45) is 0 Å². The Morgan fingerprint density at radius 1 is 1.00 bits per heavy atom. The number of aromatic nitrogens is 1. The average molecular weight is 446 g/mol. The number of hydrogen-bond acceptors (Lipinski definition) is 4. The highest BCUT2D eigenvalue weighted by Crippen LogP contribution is 2.64. The molecule has 166 valence electrons. The van der Waals surface area contributed by atoms with Crippen LogP contribution in [0.2, 0.25) is 0 Å². The van der Waals surface area contributed by atoms with Crippen LogP contribution >= 0.6 is 0 Å². The smallest absolute Gasteiger partial charge is 0.407 e. The number of alkyl carbamates (subject to hydrolysis) is 1.